The first-order valence-corrected chi connectivity index (χ1v) is 11.9. The quantitative estimate of drug-likeness (QED) is 0.769. The summed E-state index contributed by atoms with van der Waals surface area (Å²) in [7, 11) is 0. The summed E-state index contributed by atoms with van der Waals surface area (Å²) in [6, 6.07) is 9.43. The monoisotopic (exact) mass is 429 g/mol. The van der Waals surface area contributed by atoms with Crippen LogP contribution in [-0.2, 0) is 28.5 Å². The van der Waals surface area contributed by atoms with Crippen LogP contribution in [0.2, 0.25) is 0 Å². The van der Waals surface area contributed by atoms with Crippen molar-refractivity contribution in [1.82, 2.24) is 0 Å². The van der Waals surface area contributed by atoms with Crippen LogP contribution < -0.4 is 5.32 Å². The first-order chi connectivity index (χ1) is 15.2. The van der Waals surface area contributed by atoms with E-state index in [4.69, 9.17) is 23.7 Å². The van der Waals surface area contributed by atoms with Gasteiger partial charge in [-0.2, -0.15) is 0 Å². The lowest BCUT2D eigenvalue weighted by Gasteiger charge is -2.36. The van der Waals surface area contributed by atoms with Crippen LogP contribution in [0.3, 0.4) is 0 Å². The van der Waals surface area contributed by atoms with Gasteiger partial charge in [-0.05, 0) is 37.8 Å². The minimum absolute atomic E-state index is 0.232. The van der Waals surface area contributed by atoms with Crippen LogP contribution in [0, 0.1) is 0 Å². The van der Waals surface area contributed by atoms with Gasteiger partial charge in [-0.1, -0.05) is 31.0 Å². The van der Waals surface area contributed by atoms with E-state index in [-0.39, 0.29) is 18.1 Å². The zero-order chi connectivity index (χ0) is 20.9. The van der Waals surface area contributed by atoms with Crippen molar-refractivity contribution in [3.63, 3.8) is 0 Å². The lowest BCUT2D eigenvalue weighted by Crippen LogP contribution is -2.58. The largest absolute Gasteiger partial charge is 0.341 e. The average molecular weight is 430 g/mol. The van der Waals surface area contributed by atoms with Gasteiger partial charge >= 0.3 is 0 Å². The second-order valence-electron chi connectivity index (χ2n) is 9.59. The molecule has 5 atom stereocenters. The summed E-state index contributed by atoms with van der Waals surface area (Å²) in [6.07, 6.45) is 7.39. The van der Waals surface area contributed by atoms with Gasteiger partial charge in [0.25, 0.3) is 5.91 Å². The third kappa shape index (κ3) is 3.60. The van der Waals surface area contributed by atoms with E-state index in [2.05, 4.69) is 5.32 Å². The molecule has 0 radical (unpaired) electrons. The molecule has 5 aliphatic rings. The Morgan fingerprint density at radius 1 is 0.742 bits per heavy atom. The normalized spacial score (nSPS) is 38.0. The third-order valence-electron chi connectivity index (χ3n) is 7.41. The summed E-state index contributed by atoms with van der Waals surface area (Å²) in [5.74, 6) is -1.48. The Bertz CT molecular complexity index is 804. The number of nitrogens with one attached hydrogen (secondary N) is 1. The van der Waals surface area contributed by atoms with Crippen LogP contribution in [0.5, 0.6) is 0 Å². The highest BCUT2D eigenvalue weighted by Crippen LogP contribution is 2.51. The zero-order valence-electron chi connectivity index (χ0n) is 17.8. The van der Waals surface area contributed by atoms with E-state index in [0.717, 1.165) is 57.1 Å². The van der Waals surface area contributed by atoms with Crippen LogP contribution in [0.4, 0.5) is 5.69 Å². The van der Waals surface area contributed by atoms with E-state index in [1.165, 1.54) is 12.8 Å². The van der Waals surface area contributed by atoms with Crippen LogP contribution >= 0.6 is 0 Å². The molecule has 1 aromatic rings. The molecule has 5 fully saturated rings. The topological polar surface area (TPSA) is 75.3 Å². The molecule has 0 bridgehead atoms. The van der Waals surface area contributed by atoms with E-state index in [0.29, 0.717) is 0 Å². The Hall–Kier alpha value is -1.51. The number of hydrogen-bond donors (Lipinski definition) is 1. The maximum atomic E-state index is 13.3. The number of para-hydroxylation sites is 1. The van der Waals surface area contributed by atoms with Crippen LogP contribution in [0.1, 0.15) is 64.2 Å². The summed E-state index contributed by atoms with van der Waals surface area (Å²) in [5.41, 5.74) is 0.730. The lowest BCUT2D eigenvalue weighted by molar-refractivity contribution is -0.246. The molecular weight excluding hydrogens is 398 g/mol. The van der Waals surface area contributed by atoms with Gasteiger partial charge in [0.1, 0.15) is 18.3 Å². The molecule has 6 rings (SSSR count). The van der Waals surface area contributed by atoms with Crippen LogP contribution in [-0.4, -0.2) is 48.2 Å². The molecular formula is C24H31NO6. The van der Waals surface area contributed by atoms with E-state index >= 15 is 0 Å². The highest BCUT2D eigenvalue weighted by atomic mass is 16.9. The predicted octanol–water partition coefficient (Wildman–Crippen LogP) is 3.87. The summed E-state index contributed by atoms with van der Waals surface area (Å²) < 4.78 is 32.2. The Labute approximate surface area is 182 Å². The predicted molar refractivity (Wildman–Crippen MR) is 111 cm³/mol. The van der Waals surface area contributed by atoms with Crippen LogP contribution in [0.25, 0.3) is 0 Å². The van der Waals surface area contributed by atoms with Gasteiger partial charge in [0, 0.05) is 31.4 Å². The number of amides is 1. The van der Waals surface area contributed by atoms with Crippen molar-refractivity contribution >= 4 is 11.6 Å². The second kappa shape index (κ2) is 7.81. The van der Waals surface area contributed by atoms with Crippen molar-refractivity contribution in [2.24, 2.45) is 0 Å². The number of hydrogen-bond acceptors (Lipinski definition) is 6. The van der Waals surface area contributed by atoms with Crippen molar-refractivity contribution in [3.05, 3.63) is 30.3 Å². The van der Waals surface area contributed by atoms with Gasteiger partial charge in [-0.25, -0.2) is 0 Å². The zero-order valence-corrected chi connectivity index (χ0v) is 17.8. The number of benzene rings is 1. The molecule has 7 nitrogen and oxygen atoms in total. The minimum atomic E-state index is -0.810. The molecule has 168 valence electrons. The SMILES string of the molecule is O=C(Nc1ccccc1)[C@H]1O[C@H]2OC3(CCCCC3)O[C@@H]2[C@H]2OC3(CCCCC3)O[C@@H]21. The Morgan fingerprint density at radius 3 is 2.00 bits per heavy atom. The summed E-state index contributed by atoms with van der Waals surface area (Å²) in [5, 5.41) is 2.97. The van der Waals surface area contributed by atoms with E-state index in [9.17, 15) is 4.79 Å². The molecule has 2 saturated carbocycles. The molecule has 1 amide bonds. The van der Waals surface area contributed by atoms with E-state index < -0.39 is 30.1 Å². The van der Waals surface area contributed by atoms with E-state index in [1.54, 1.807) is 0 Å². The highest BCUT2D eigenvalue weighted by molar-refractivity contribution is 5.94. The number of rotatable bonds is 2. The Kier molecular flexibility index (Phi) is 5.07. The number of ether oxygens (including phenoxy) is 5. The van der Waals surface area contributed by atoms with Gasteiger partial charge in [-0.15, -0.1) is 0 Å². The van der Waals surface area contributed by atoms with Gasteiger partial charge in [0.15, 0.2) is 24.0 Å². The van der Waals surface area contributed by atoms with Gasteiger partial charge in [-0.3, -0.25) is 4.79 Å². The number of fused-ring (bicyclic) bond motifs is 3. The minimum Gasteiger partial charge on any atom is -0.341 e. The molecule has 1 N–H and O–H groups in total. The smallest absolute Gasteiger partial charge is 0.256 e. The highest BCUT2D eigenvalue weighted by Gasteiger charge is 2.65. The molecule has 3 heterocycles. The average Bonchev–Trinajstić information content (AvgIpc) is 3.33. The first-order valence-electron chi connectivity index (χ1n) is 11.9. The fourth-order valence-electron chi connectivity index (χ4n) is 5.90. The number of carbonyl (C=O) groups excluding carboxylic acids is 1. The Balaban J connectivity index is 1.28. The standard InChI is InChI=1S/C24H31NO6/c26-21(25-16-10-4-1-5-11-16)19-17-18(29-23(28-17)12-6-2-7-13-23)20-22(27-19)31-24(30-20)14-8-3-9-15-24/h1,4-5,10-11,17-20,22H,2-3,6-9,12-15H2,(H,25,26)/t17-,18-,19-,20+,22-/m0/s1. The molecule has 2 spiro atoms. The number of carbonyl (C=O) groups is 1. The van der Waals surface area contributed by atoms with Crippen molar-refractivity contribution in [2.45, 2.75) is 106 Å². The molecule has 3 saturated heterocycles. The van der Waals surface area contributed by atoms with Gasteiger partial charge < -0.3 is 29.0 Å². The summed E-state index contributed by atoms with van der Waals surface area (Å²) >= 11 is 0. The summed E-state index contributed by atoms with van der Waals surface area (Å²) in [4.78, 5) is 13.3. The summed E-state index contributed by atoms with van der Waals surface area (Å²) in [6.45, 7) is 0. The molecule has 0 unspecified atom stereocenters. The van der Waals surface area contributed by atoms with Gasteiger partial charge in [0.2, 0.25) is 0 Å². The molecule has 1 aromatic carbocycles. The first kappa shape index (κ1) is 20.1. The van der Waals surface area contributed by atoms with Crippen LogP contribution in [0.15, 0.2) is 30.3 Å². The van der Waals surface area contributed by atoms with Crippen molar-refractivity contribution in [3.8, 4) is 0 Å². The van der Waals surface area contributed by atoms with Gasteiger partial charge in [0.05, 0.1) is 0 Å². The third-order valence-corrected chi connectivity index (χ3v) is 7.41. The van der Waals surface area contributed by atoms with Crippen molar-refractivity contribution < 1.29 is 28.5 Å². The Morgan fingerprint density at radius 2 is 1.32 bits per heavy atom. The van der Waals surface area contributed by atoms with E-state index in [1.807, 2.05) is 30.3 Å². The molecule has 3 aliphatic heterocycles. The fourth-order valence-corrected chi connectivity index (χ4v) is 5.90. The second-order valence-corrected chi connectivity index (χ2v) is 9.59. The van der Waals surface area contributed by atoms with Crippen molar-refractivity contribution in [2.75, 3.05) is 5.32 Å². The molecule has 0 aromatic heterocycles. The lowest BCUT2D eigenvalue weighted by atomic mass is 9.94. The molecule has 2 aliphatic carbocycles. The maximum absolute atomic E-state index is 13.3. The number of anilines is 1. The molecule has 7 heteroatoms. The molecule has 31 heavy (non-hydrogen) atoms. The van der Waals surface area contributed by atoms with Crippen molar-refractivity contribution in [1.29, 1.82) is 0 Å². The maximum Gasteiger partial charge on any atom is 0.256 e. The fraction of sp³-hybridized carbons (Fsp3) is 0.708.